The summed E-state index contributed by atoms with van der Waals surface area (Å²) in [6.45, 7) is 2.54. The number of amides is 2. The fourth-order valence-corrected chi connectivity index (χ4v) is 2.39. The number of para-hydroxylation sites is 1. The van der Waals surface area contributed by atoms with Crippen LogP contribution in [0.2, 0.25) is 0 Å². The van der Waals surface area contributed by atoms with Gasteiger partial charge in [-0.25, -0.2) is 0 Å². The predicted molar refractivity (Wildman–Crippen MR) is 96.6 cm³/mol. The van der Waals surface area contributed by atoms with Gasteiger partial charge in [0.15, 0.2) is 0 Å². The van der Waals surface area contributed by atoms with Crippen molar-refractivity contribution in [3.63, 3.8) is 0 Å². The lowest BCUT2D eigenvalue weighted by Crippen LogP contribution is -2.40. The van der Waals surface area contributed by atoms with E-state index in [-0.39, 0.29) is 18.4 Å². The van der Waals surface area contributed by atoms with Crippen LogP contribution in [-0.4, -0.2) is 18.4 Å². The Morgan fingerprint density at radius 2 is 1.58 bits per heavy atom. The van der Waals surface area contributed by atoms with Crippen LogP contribution in [0.25, 0.3) is 0 Å². The fraction of sp³-hybridized carbons (Fsp3) is 0.300. The van der Waals surface area contributed by atoms with Crippen LogP contribution in [-0.2, 0) is 16.1 Å². The molecule has 126 valence electrons. The first-order valence-electron chi connectivity index (χ1n) is 8.36. The second-order valence-corrected chi connectivity index (χ2v) is 5.68. The van der Waals surface area contributed by atoms with Crippen molar-refractivity contribution in [3.8, 4) is 0 Å². The van der Waals surface area contributed by atoms with Gasteiger partial charge in [-0.05, 0) is 24.1 Å². The first-order chi connectivity index (χ1) is 11.7. The molecular weight excluding hydrogens is 300 g/mol. The molecule has 2 rings (SSSR count). The molecule has 4 nitrogen and oxygen atoms in total. The topological polar surface area (TPSA) is 49.4 Å². The van der Waals surface area contributed by atoms with E-state index < -0.39 is 0 Å². The van der Waals surface area contributed by atoms with Gasteiger partial charge < -0.3 is 10.2 Å². The number of hydrogen-bond donors (Lipinski definition) is 1. The molecule has 0 aliphatic heterocycles. The number of hydrogen-bond acceptors (Lipinski definition) is 2. The van der Waals surface area contributed by atoms with Crippen molar-refractivity contribution in [1.29, 1.82) is 0 Å². The van der Waals surface area contributed by atoms with E-state index in [2.05, 4.69) is 5.32 Å². The highest BCUT2D eigenvalue weighted by molar-refractivity contribution is 5.96. The van der Waals surface area contributed by atoms with Crippen LogP contribution in [0.3, 0.4) is 0 Å². The van der Waals surface area contributed by atoms with Gasteiger partial charge in [-0.2, -0.15) is 0 Å². The summed E-state index contributed by atoms with van der Waals surface area (Å²) in [7, 11) is 0. The largest absolute Gasteiger partial charge is 0.347 e. The van der Waals surface area contributed by atoms with Crippen LogP contribution in [0.15, 0.2) is 60.7 Å². The zero-order chi connectivity index (χ0) is 17.2. The minimum Gasteiger partial charge on any atom is -0.347 e. The Labute approximate surface area is 143 Å². The molecule has 0 atom stereocenters. The molecule has 0 bridgehead atoms. The molecule has 2 aromatic rings. The molecule has 0 saturated heterocycles. The third-order valence-electron chi connectivity index (χ3n) is 3.75. The highest BCUT2D eigenvalue weighted by atomic mass is 16.2. The Morgan fingerprint density at radius 1 is 0.958 bits per heavy atom. The third kappa shape index (κ3) is 5.54. The summed E-state index contributed by atoms with van der Waals surface area (Å²) in [5, 5.41) is 2.72. The second kappa shape index (κ2) is 9.50. The first kappa shape index (κ1) is 17.7. The summed E-state index contributed by atoms with van der Waals surface area (Å²) in [6.07, 6.45) is 2.27. The molecule has 0 saturated carbocycles. The van der Waals surface area contributed by atoms with Crippen molar-refractivity contribution in [2.24, 2.45) is 0 Å². The van der Waals surface area contributed by atoms with Gasteiger partial charge in [0.2, 0.25) is 11.8 Å². The van der Waals surface area contributed by atoms with E-state index in [4.69, 9.17) is 0 Å². The number of unbranched alkanes of at least 4 members (excludes halogenated alkanes) is 1. The molecular formula is C20H24N2O2. The summed E-state index contributed by atoms with van der Waals surface area (Å²) in [5.41, 5.74) is 1.88. The van der Waals surface area contributed by atoms with Gasteiger partial charge in [0, 0.05) is 12.1 Å². The summed E-state index contributed by atoms with van der Waals surface area (Å²) < 4.78 is 0. The van der Waals surface area contributed by atoms with Gasteiger partial charge in [0.1, 0.15) is 0 Å². The van der Waals surface area contributed by atoms with E-state index in [1.54, 1.807) is 4.90 Å². The maximum atomic E-state index is 12.6. The molecule has 2 amide bonds. The van der Waals surface area contributed by atoms with Crippen LogP contribution in [0.5, 0.6) is 0 Å². The van der Waals surface area contributed by atoms with Crippen LogP contribution >= 0.6 is 0 Å². The molecule has 24 heavy (non-hydrogen) atoms. The highest BCUT2D eigenvalue weighted by Gasteiger charge is 2.16. The average molecular weight is 324 g/mol. The molecule has 0 aromatic heterocycles. The van der Waals surface area contributed by atoms with E-state index >= 15 is 0 Å². The molecule has 4 heteroatoms. The van der Waals surface area contributed by atoms with Gasteiger partial charge in [-0.15, -0.1) is 0 Å². The van der Waals surface area contributed by atoms with Crippen molar-refractivity contribution < 1.29 is 9.59 Å². The Balaban J connectivity index is 2.05. The summed E-state index contributed by atoms with van der Waals surface area (Å²) in [6, 6.07) is 19.4. The molecule has 0 aliphatic carbocycles. The minimum atomic E-state index is -0.116. The molecule has 0 unspecified atom stereocenters. The van der Waals surface area contributed by atoms with Gasteiger partial charge >= 0.3 is 0 Å². The molecule has 0 radical (unpaired) electrons. The Kier molecular flexibility index (Phi) is 7.02. The maximum Gasteiger partial charge on any atom is 0.246 e. The normalized spacial score (nSPS) is 10.2. The average Bonchev–Trinajstić information content (AvgIpc) is 2.64. The Hall–Kier alpha value is -2.62. The van der Waals surface area contributed by atoms with Gasteiger partial charge in [-0.1, -0.05) is 61.9 Å². The molecule has 0 fully saturated rings. The number of rotatable bonds is 8. The molecule has 0 aliphatic rings. The van der Waals surface area contributed by atoms with E-state index in [9.17, 15) is 9.59 Å². The first-order valence-corrected chi connectivity index (χ1v) is 8.36. The molecule has 0 heterocycles. The lowest BCUT2D eigenvalue weighted by Gasteiger charge is -2.23. The van der Waals surface area contributed by atoms with Gasteiger partial charge in [0.05, 0.1) is 13.1 Å². The zero-order valence-corrected chi connectivity index (χ0v) is 14.1. The number of anilines is 1. The van der Waals surface area contributed by atoms with E-state index in [1.165, 1.54) is 0 Å². The predicted octanol–water partition coefficient (Wildman–Crippen LogP) is 3.53. The standard InChI is InChI=1S/C20H24N2O2/c1-2-3-14-19(23)21-15-20(24)22(18-12-8-5-9-13-18)16-17-10-6-4-7-11-17/h4-13H,2-3,14-16H2,1H3,(H,21,23). The SMILES string of the molecule is CCCCC(=O)NCC(=O)N(Cc1ccccc1)c1ccccc1. The van der Waals surface area contributed by atoms with Crippen LogP contribution in [0, 0.1) is 0 Å². The summed E-state index contributed by atoms with van der Waals surface area (Å²) >= 11 is 0. The Morgan fingerprint density at radius 3 is 2.21 bits per heavy atom. The molecule has 1 N–H and O–H groups in total. The number of nitrogens with zero attached hydrogens (tertiary/aromatic N) is 1. The monoisotopic (exact) mass is 324 g/mol. The van der Waals surface area contributed by atoms with Crippen molar-refractivity contribution in [2.45, 2.75) is 32.7 Å². The number of carbonyl (C=O) groups excluding carboxylic acids is 2. The van der Waals surface area contributed by atoms with Gasteiger partial charge in [0.25, 0.3) is 0 Å². The van der Waals surface area contributed by atoms with Crippen molar-refractivity contribution >= 4 is 17.5 Å². The zero-order valence-electron chi connectivity index (χ0n) is 14.1. The highest BCUT2D eigenvalue weighted by Crippen LogP contribution is 2.17. The van der Waals surface area contributed by atoms with E-state index in [1.807, 2.05) is 67.6 Å². The maximum absolute atomic E-state index is 12.6. The summed E-state index contributed by atoms with van der Waals surface area (Å²) in [5.74, 6) is -0.187. The molecule has 2 aromatic carbocycles. The van der Waals surface area contributed by atoms with Gasteiger partial charge in [-0.3, -0.25) is 9.59 Å². The van der Waals surface area contributed by atoms with Crippen LogP contribution < -0.4 is 10.2 Å². The number of nitrogens with one attached hydrogen (secondary N) is 1. The van der Waals surface area contributed by atoms with Crippen LogP contribution in [0.1, 0.15) is 31.7 Å². The number of carbonyl (C=O) groups is 2. The minimum absolute atomic E-state index is 0.0181. The Bertz CT molecular complexity index is 641. The van der Waals surface area contributed by atoms with Crippen molar-refractivity contribution in [3.05, 3.63) is 66.2 Å². The number of benzene rings is 2. The second-order valence-electron chi connectivity index (χ2n) is 5.68. The molecule has 0 spiro atoms. The van der Waals surface area contributed by atoms with Crippen molar-refractivity contribution in [1.82, 2.24) is 5.32 Å². The third-order valence-corrected chi connectivity index (χ3v) is 3.75. The fourth-order valence-electron chi connectivity index (χ4n) is 2.39. The van der Waals surface area contributed by atoms with Crippen LogP contribution in [0.4, 0.5) is 5.69 Å². The summed E-state index contributed by atoms with van der Waals surface area (Å²) in [4.78, 5) is 26.1. The quantitative estimate of drug-likeness (QED) is 0.807. The smallest absolute Gasteiger partial charge is 0.246 e. The lowest BCUT2D eigenvalue weighted by molar-refractivity contribution is -0.125. The van der Waals surface area contributed by atoms with E-state index in [0.29, 0.717) is 13.0 Å². The van der Waals surface area contributed by atoms with Crippen molar-refractivity contribution in [2.75, 3.05) is 11.4 Å². The van der Waals surface area contributed by atoms with E-state index in [0.717, 1.165) is 24.1 Å². The lowest BCUT2D eigenvalue weighted by atomic mass is 10.2.